The first-order valence-electron chi connectivity index (χ1n) is 12.0. The van der Waals surface area contributed by atoms with Crippen molar-refractivity contribution in [1.82, 2.24) is 4.98 Å². The van der Waals surface area contributed by atoms with Crippen molar-refractivity contribution in [2.75, 3.05) is 6.61 Å². The van der Waals surface area contributed by atoms with E-state index in [9.17, 15) is 4.79 Å². The number of aromatic nitrogens is 1. The SMILES string of the molecule is Cc1ccc(-c2nc(COC3CCCC(COC(C)(C)C(=O)OC(C)(C)C)C3)c(C)o2)cc1. The van der Waals surface area contributed by atoms with Gasteiger partial charge in [0.25, 0.3) is 0 Å². The molecule has 0 aliphatic heterocycles. The van der Waals surface area contributed by atoms with Crippen LogP contribution in [0.15, 0.2) is 28.7 Å². The van der Waals surface area contributed by atoms with Crippen molar-refractivity contribution < 1.29 is 23.4 Å². The summed E-state index contributed by atoms with van der Waals surface area (Å²) in [6.45, 7) is 14.1. The first-order chi connectivity index (χ1) is 15.4. The van der Waals surface area contributed by atoms with Gasteiger partial charge in [-0.25, -0.2) is 9.78 Å². The van der Waals surface area contributed by atoms with Gasteiger partial charge in [-0.3, -0.25) is 0 Å². The van der Waals surface area contributed by atoms with E-state index in [-0.39, 0.29) is 12.1 Å². The number of carbonyl (C=O) groups excluding carboxylic acids is 1. The summed E-state index contributed by atoms with van der Waals surface area (Å²) in [5, 5.41) is 0. The molecule has 0 N–H and O–H groups in total. The van der Waals surface area contributed by atoms with Crippen molar-refractivity contribution in [3.63, 3.8) is 0 Å². The van der Waals surface area contributed by atoms with Gasteiger partial charge in [0, 0.05) is 5.56 Å². The molecule has 0 spiro atoms. The van der Waals surface area contributed by atoms with E-state index in [1.807, 2.05) is 39.8 Å². The average molecular weight is 458 g/mol. The van der Waals surface area contributed by atoms with Crippen LogP contribution in [0.1, 0.15) is 77.3 Å². The Balaban J connectivity index is 1.50. The maximum Gasteiger partial charge on any atom is 0.338 e. The van der Waals surface area contributed by atoms with Gasteiger partial charge >= 0.3 is 5.97 Å². The van der Waals surface area contributed by atoms with Crippen LogP contribution in [-0.4, -0.2) is 34.9 Å². The molecule has 0 saturated heterocycles. The quantitative estimate of drug-likeness (QED) is 0.441. The highest BCUT2D eigenvalue weighted by Gasteiger charge is 2.35. The van der Waals surface area contributed by atoms with Crippen LogP contribution in [0.25, 0.3) is 11.5 Å². The average Bonchev–Trinajstić information content (AvgIpc) is 3.11. The smallest absolute Gasteiger partial charge is 0.338 e. The molecule has 1 fully saturated rings. The van der Waals surface area contributed by atoms with Crippen molar-refractivity contribution in [2.45, 2.75) is 98.1 Å². The summed E-state index contributed by atoms with van der Waals surface area (Å²) >= 11 is 0. The molecule has 1 aromatic carbocycles. The Hall–Kier alpha value is -2.18. The van der Waals surface area contributed by atoms with Crippen molar-refractivity contribution in [2.24, 2.45) is 5.92 Å². The lowest BCUT2D eigenvalue weighted by atomic mass is 9.87. The fraction of sp³-hybridized carbons (Fsp3) is 0.630. The molecular formula is C27H39NO5. The van der Waals surface area contributed by atoms with Crippen molar-refractivity contribution >= 4 is 5.97 Å². The van der Waals surface area contributed by atoms with E-state index >= 15 is 0 Å². The number of ether oxygens (including phenoxy) is 3. The Labute approximate surface area is 198 Å². The first kappa shape index (κ1) is 25.4. The largest absolute Gasteiger partial charge is 0.458 e. The molecule has 1 aliphatic rings. The van der Waals surface area contributed by atoms with E-state index in [0.29, 0.717) is 25.0 Å². The number of nitrogens with zero attached hydrogens (tertiary/aromatic N) is 1. The molecule has 33 heavy (non-hydrogen) atoms. The zero-order valence-electron chi connectivity index (χ0n) is 21.2. The lowest BCUT2D eigenvalue weighted by Gasteiger charge is -2.33. The van der Waals surface area contributed by atoms with Gasteiger partial charge in [0.2, 0.25) is 5.89 Å². The predicted octanol–water partition coefficient (Wildman–Crippen LogP) is 6.17. The zero-order valence-corrected chi connectivity index (χ0v) is 21.2. The van der Waals surface area contributed by atoms with E-state index in [1.54, 1.807) is 13.8 Å². The fourth-order valence-corrected chi connectivity index (χ4v) is 3.91. The predicted molar refractivity (Wildman–Crippen MR) is 128 cm³/mol. The minimum atomic E-state index is -0.967. The Kier molecular flexibility index (Phi) is 8.01. The van der Waals surface area contributed by atoms with Crippen LogP contribution < -0.4 is 0 Å². The number of oxazole rings is 1. The summed E-state index contributed by atoms with van der Waals surface area (Å²) in [5.41, 5.74) is 1.52. The molecule has 182 valence electrons. The zero-order chi connectivity index (χ0) is 24.2. The minimum absolute atomic E-state index is 0.149. The van der Waals surface area contributed by atoms with E-state index < -0.39 is 11.2 Å². The van der Waals surface area contributed by atoms with Gasteiger partial charge in [-0.15, -0.1) is 0 Å². The third kappa shape index (κ3) is 7.41. The summed E-state index contributed by atoms with van der Waals surface area (Å²) in [6, 6.07) is 8.16. The second kappa shape index (κ2) is 10.4. The topological polar surface area (TPSA) is 70.8 Å². The molecule has 6 nitrogen and oxygen atoms in total. The number of esters is 1. The van der Waals surface area contributed by atoms with E-state index in [1.165, 1.54) is 5.56 Å². The van der Waals surface area contributed by atoms with Gasteiger partial charge < -0.3 is 18.6 Å². The number of rotatable bonds is 8. The monoisotopic (exact) mass is 457 g/mol. The highest BCUT2D eigenvalue weighted by atomic mass is 16.6. The van der Waals surface area contributed by atoms with Crippen LogP contribution in [0, 0.1) is 19.8 Å². The standard InChI is InChI=1S/C27H39NO5/c1-18-11-13-21(14-12-18)24-28-23(19(2)32-24)17-30-22-10-8-9-20(15-22)16-31-27(6,7)25(29)33-26(3,4)5/h11-14,20,22H,8-10,15-17H2,1-7H3. The molecular weight excluding hydrogens is 418 g/mol. The fourth-order valence-electron chi connectivity index (χ4n) is 3.91. The highest BCUT2D eigenvalue weighted by molar-refractivity contribution is 5.78. The van der Waals surface area contributed by atoms with Crippen LogP contribution in [0.3, 0.4) is 0 Å². The molecule has 0 amide bonds. The Morgan fingerprint density at radius 2 is 1.79 bits per heavy atom. The number of aryl methyl sites for hydroxylation is 2. The van der Waals surface area contributed by atoms with Crippen molar-refractivity contribution in [1.29, 1.82) is 0 Å². The van der Waals surface area contributed by atoms with Gasteiger partial charge in [-0.05, 0) is 85.8 Å². The maximum atomic E-state index is 12.4. The van der Waals surface area contributed by atoms with Crippen LogP contribution >= 0.6 is 0 Å². The number of hydrogen-bond donors (Lipinski definition) is 0. The summed E-state index contributed by atoms with van der Waals surface area (Å²) in [6.07, 6.45) is 4.23. The molecule has 2 aromatic rings. The maximum absolute atomic E-state index is 12.4. The lowest BCUT2D eigenvalue weighted by Crippen LogP contribution is -2.42. The molecule has 2 unspecified atom stereocenters. The lowest BCUT2D eigenvalue weighted by molar-refractivity contribution is -0.181. The van der Waals surface area contributed by atoms with Gasteiger partial charge in [-0.2, -0.15) is 0 Å². The Bertz CT molecular complexity index is 923. The van der Waals surface area contributed by atoms with Crippen LogP contribution in [0.2, 0.25) is 0 Å². The molecule has 0 radical (unpaired) electrons. The third-order valence-corrected chi connectivity index (χ3v) is 5.95. The number of carbonyl (C=O) groups is 1. The molecule has 0 bridgehead atoms. The summed E-state index contributed by atoms with van der Waals surface area (Å²) in [7, 11) is 0. The summed E-state index contributed by atoms with van der Waals surface area (Å²) in [5.74, 6) is 1.45. The van der Waals surface area contributed by atoms with Gasteiger partial charge in [0.15, 0.2) is 5.60 Å². The Morgan fingerprint density at radius 1 is 1.09 bits per heavy atom. The van der Waals surface area contributed by atoms with Crippen LogP contribution in [-0.2, 0) is 25.6 Å². The van der Waals surface area contributed by atoms with E-state index in [4.69, 9.17) is 18.6 Å². The molecule has 1 heterocycles. The van der Waals surface area contributed by atoms with E-state index in [0.717, 1.165) is 42.7 Å². The summed E-state index contributed by atoms with van der Waals surface area (Å²) < 4.78 is 23.6. The third-order valence-electron chi connectivity index (χ3n) is 5.95. The molecule has 3 rings (SSSR count). The number of hydrogen-bond acceptors (Lipinski definition) is 6. The van der Waals surface area contributed by atoms with Crippen LogP contribution in [0.5, 0.6) is 0 Å². The van der Waals surface area contributed by atoms with Crippen LogP contribution in [0.4, 0.5) is 0 Å². The summed E-state index contributed by atoms with van der Waals surface area (Å²) in [4.78, 5) is 17.1. The van der Waals surface area contributed by atoms with Crippen molar-refractivity contribution in [3.05, 3.63) is 41.3 Å². The second-order valence-corrected chi connectivity index (χ2v) is 10.7. The normalized spacial score (nSPS) is 19.5. The molecule has 1 aliphatic carbocycles. The van der Waals surface area contributed by atoms with Gasteiger partial charge in [0.1, 0.15) is 17.1 Å². The van der Waals surface area contributed by atoms with Gasteiger partial charge in [0.05, 0.1) is 19.3 Å². The van der Waals surface area contributed by atoms with E-state index in [2.05, 4.69) is 24.0 Å². The van der Waals surface area contributed by atoms with Crippen molar-refractivity contribution in [3.8, 4) is 11.5 Å². The van der Waals surface area contributed by atoms with Gasteiger partial charge in [-0.1, -0.05) is 24.1 Å². The highest BCUT2D eigenvalue weighted by Crippen LogP contribution is 2.30. The molecule has 6 heteroatoms. The molecule has 1 aromatic heterocycles. The molecule has 2 atom stereocenters. The molecule has 1 saturated carbocycles. The number of benzene rings is 1. The minimum Gasteiger partial charge on any atom is -0.458 e. The Morgan fingerprint density at radius 3 is 2.45 bits per heavy atom. The first-order valence-corrected chi connectivity index (χ1v) is 12.0. The second-order valence-electron chi connectivity index (χ2n) is 10.7.